The number of fused-ring (bicyclic) bond motifs is 2. The van der Waals surface area contributed by atoms with Gasteiger partial charge in [0, 0.05) is 27.5 Å². The first kappa shape index (κ1) is 23.4. The molecule has 3 amide bonds. The summed E-state index contributed by atoms with van der Waals surface area (Å²) in [4.78, 5) is 42.7. The molecule has 0 aliphatic carbocycles. The maximum atomic E-state index is 14.1. The number of nitrogens with zero attached hydrogens (tertiary/aromatic N) is 3. The minimum atomic E-state index is -0.970. The highest BCUT2D eigenvalue weighted by Gasteiger charge is 2.36. The lowest BCUT2D eigenvalue weighted by molar-refractivity contribution is -0.123. The number of amides is 3. The third kappa shape index (κ3) is 4.17. The van der Waals surface area contributed by atoms with Gasteiger partial charge >= 0.3 is 0 Å². The highest BCUT2D eigenvalue weighted by molar-refractivity contribution is 9.10. The van der Waals surface area contributed by atoms with Gasteiger partial charge < -0.3 is 20.5 Å². The van der Waals surface area contributed by atoms with Crippen molar-refractivity contribution in [2.75, 3.05) is 12.4 Å². The highest BCUT2D eigenvalue weighted by atomic mass is 79.9. The van der Waals surface area contributed by atoms with Gasteiger partial charge in [-0.2, -0.15) is 4.37 Å². The van der Waals surface area contributed by atoms with E-state index in [1.807, 2.05) is 12.1 Å². The first-order valence-electron chi connectivity index (χ1n) is 10.2. The Kier molecular flexibility index (Phi) is 6.03. The van der Waals surface area contributed by atoms with Gasteiger partial charge in [-0.15, -0.1) is 0 Å². The smallest absolute Gasteiger partial charge is 0.287 e. The van der Waals surface area contributed by atoms with Crippen LogP contribution in [0.3, 0.4) is 0 Å². The van der Waals surface area contributed by atoms with Crippen LogP contribution in [0.1, 0.15) is 38.4 Å². The summed E-state index contributed by atoms with van der Waals surface area (Å²) in [5.41, 5.74) is 0.711. The molecule has 0 fully saturated rings. The number of aromatic nitrogens is 3. The van der Waals surface area contributed by atoms with Crippen LogP contribution in [0.4, 0.5) is 10.2 Å². The summed E-state index contributed by atoms with van der Waals surface area (Å²) in [6.07, 6.45) is 0. The van der Waals surface area contributed by atoms with E-state index in [1.165, 1.54) is 41.3 Å². The molecule has 3 heterocycles. The van der Waals surface area contributed by atoms with Gasteiger partial charge in [0.2, 0.25) is 11.7 Å². The number of benzene rings is 2. The first-order chi connectivity index (χ1) is 16.8. The third-order valence-corrected chi connectivity index (χ3v) is 7.13. The Labute approximate surface area is 215 Å². The number of carbonyl (C=O) groups excluding carboxylic acids is 3. The molecule has 0 bridgehead atoms. The van der Waals surface area contributed by atoms with Crippen LogP contribution in [-0.4, -0.2) is 38.7 Å². The summed E-state index contributed by atoms with van der Waals surface area (Å²) in [7, 11) is 1.42. The molecule has 5 rings (SSSR count). The third-order valence-electron chi connectivity index (χ3n) is 5.47. The van der Waals surface area contributed by atoms with Crippen molar-refractivity contribution >= 4 is 72.7 Å². The van der Waals surface area contributed by atoms with Crippen molar-refractivity contribution in [3.63, 3.8) is 0 Å². The molecular formula is C22H15BrClFN6O3S. The average Bonchev–Trinajstić information content (AvgIpc) is 3.41. The van der Waals surface area contributed by atoms with Crippen LogP contribution >= 0.6 is 39.1 Å². The summed E-state index contributed by atoms with van der Waals surface area (Å²) in [5.74, 6) is -2.18. The van der Waals surface area contributed by atoms with Gasteiger partial charge in [-0.3, -0.25) is 14.4 Å². The molecule has 0 saturated heterocycles. The van der Waals surface area contributed by atoms with Crippen LogP contribution < -0.4 is 16.0 Å². The number of carbonyl (C=O) groups is 3. The van der Waals surface area contributed by atoms with E-state index in [2.05, 4.69) is 41.2 Å². The molecule has 0 radical (unpaired) electrons. The Hall–Kier alpha value is -3.35. The molecule has 1 atom stereocenters. The Morgan fingerprint density at radius 3 is 2.83 bits per heavy atom. The molecule has 9 nitrogen and oxygen atoms in total. The zero-order valence-corrected chi connectivity index (χ0v) is 21.0. The molecule has 1 aliphatic heterocycles. The molecule has 35 heavy (non-hydrogen) atoms. The van der Waals surface area contributed by atoms with Crippen LogP contribution in [0.25, 0.3) is 10.1 Å². The lowest BCUT2D eigenvalue weighted by Gasteiger charge is -2.28. The van der Waals surface area contributed by atoms with E-state index in [0.717, 1.165) is 9.17 Å². The van der Waals surface area contributed by atoms with Crippen molar-refractivity contribution in [3.05, 3.63) is 74.5 Å². The zero-order chi connectivity index (χ0) is 24.9. The Balaban J connectivity index is 1.64. The summed E-state index contributed by atoms with van der Waals surface area (Å²) in [5, 5.41) is 8.79. The van der Waals surface area contributed by atoms with E-state index in [9.17, 15) is 18.8 Å². The number of hydrogen-bond acceptors (Lipinski definition) is 6. The minimum Gasteiger partial charge on any atom is -0.352 e. The highest BCUT2D eigenvalue weighted by Crippen LogP contribution is 2.36. The van der Waals surface area contributed by atoms with Crippen molar-refractivity contribution in [1.29, 1.82) is 0 Å². The van der Waals surface area contributed by atoms with Gasteiger partial charge in [0.15, 0.2) is 5.82 Å². The van der Waals surface area contributed by atoms with Crippen LogP contribution in [0, 0.1) is 5.82 Å². The molecule has 178 valence electrons. The maximum Gasteiger partial charge on any atom is 0.287 e. The van der Waals surface area contributed by atoms with E-state index >= 15 is 0 Å². The lowest BCUT2D eigenvalue weighted by atomic mass is 10.0. The molecule has 2 aromatic heterocycles. The fourth-order valence-electron chi connectivity index (χ4n) is 3.92. The van der Waals surface area contributed by atoms with Crippen LogP contribution in [-0.2, 0) is 11.3 Å². The fraction of sp³-hybridized carbons (Fsp3) is 0.136. The van der Waals surface area contributed by atoms with Crippen LogP contribution in [0.15, 0.2) is 40.9 Å². The van der Waals surface area contributed by atoms with Crippen molar-refractivity contribution < 1.29 is 18.8 Å². The molecule has 1 unspecified atom stereocenters. The topological polar surface area (TPSA) is 118 Å². The monoisotopic (exact) mass is 576 g/mol. The van der Waals surface area contributed by atoms with Gasteiger partial charge in [-0.25, -0.2) is 9.37 Å². The lowest BCUT2D eigenvalue weighted by Crippen LogP contribution is -2.41. The van der Waals surface area contributed by atoms with E-state index in [0.29, 0.717) is 5.39 Å². The van der Waals surface area contributed by atoms with Gasteiger partial charge in [0.1, 0.15) is 18.1 Å². The average molecular weight is 578 g/mol. The number of halogens is 3. The molecule has 3 N–H and O–H groups in total. The van der Waals surface area contributed by atoms with Gasteiger partial charge in [0.25, 0.3) is 11.8 Å². The molecule has 13 heteroatoms. The standard InChI is InChI=1S/C22H15BrClFN6O3S/c1-26-22(34)20-28-19(29-21(33)17-12-6-9(23)2-5-14(12)35-30-17)18-16(27-15(32)8-31(18)20)11-7-10(25)3-4-13(11)24/h2-7,16H,8H2,1H3,(H,26,34)(H,27,32)(H,29,33). The molecule has 1 aliphatic rings. The molecule has 4 aromatic rings. The Bertz CT molecular complexity index is 1540. The second-order valence-electron chi connectivity index (χ2n) is 7.63. The number of anilines is 1. The normalized spacial score (nSPS) is 15.0. The summed E-state index contributed by atoms with van der Waals surface area (Å²) in [6.45, 7) is -0.225. The van der Waals surface area contributed by atoms with Crippen molar-refractivity contribution in [2.45, 2.75) is 12.6 Å². The Morgan fingerprint density at radius 1 is 1.26 bits per heavy atom. The SMILES string of the molecule is CNC(=O)c1nc(NC(=O)c2nsc3ccc(Br)cc23)c2n1CC(=O)NC2c1cc(F)ccc1Cl. The number of rotatable bonds is 4. The van der Waals surface area contributed by atoms with Crippen molar-refractivity contribution in [1.82, 2.24) is 24.6 Å². The van der Waals surface area contributed by atoms with E-state index in [1.54, 1.807) is 6.07 Å². The van der Waals surface area contributed by atoms with E-state index in [-0.39, 0.29) is 40.2 Å². The fourth-order valence-corrected chi connectivity index (χ4v) is 5.26. The maximum absolute atomic E-state index is 14.1. The first-order valence-corrected chi connectivity index (χ1v) is 12.1. The van der Waals surface area contributed by atoms with E-state index in [4.69, 9.17) is 11.6 Å². The summed E-state index contributed by atoms with van der Waals surface area (Å²) in [6, 6.07) is 8.24. The van der Waals surface area contributed by atoms with Gasteiger partial charge in [-0.05, 0) is 47.9 Å². The molecular weight excluding hydrogens is 563 g/mol. The second kappa shape index (κ2) is 9.02. The van der Waals surface area contributed by atoms with Gasteiger partial charge in [0.05, 0.1) is 16.4 Å². The number of nitrogens with one attached hydrogen (secondary N) is 3. The van der Waals surface area contributed by atoms with Gasteiger partial charge in [-0.1, -0.05) is 27.5 Å². The quantitative estimate of drug-likeness (QED) is 0.340. The largest absolute Gasteiger partial charge is 0.352 e. The molecule has 2 aromatic carbocycles. The van der Waals surface area contributed by atoms with Crippen molar-refractivity contribution in [2.24, 2.45) is 0 Å². The van der Waals surface area contributed by atoms with Crippen LogP contribution in [0.5, 0.6) is 0 Å². The minimum absolute atomic E-state index is 0.0232. The number of imidazole rings is 1. The Morgan fingerprint density at radius 2 is 2.06 bits per heavy atom. The molecule has 0 spiro atoms. The predicted molar refractivity (Wildman–Crippen MR) is 132 cm³/mol. The predicted octanol–water partition coefficient (Wildman–Crippen LogP) is 3.88. The summed E-state index contributed by atoms with van der Waals surface area (Å²) < 4.78 is 21.4. The van der Waals surface area contributed by atoms with E-state index < -0.39 is 29.6 Å². The summed E-state index contributed by atoms with van der Waals surface area (Å²) >= 11 is 10.9. The molecule has 0 saturated carbocycles. The number of hydrogen-bond donors (Lipinski definition) is 3. The van der Waals surface area contributed by atoms with Crippen LogP contribution in [0.2, 0.25) is 5.02 Å². The second-order valence-corrected chi connectivity index (χ2v) is 9.75. The van der Waals surface area contributed by atoms with Crippen molar-refractivity contribution in [3.8, 4) is 0 Å². The zero-order valence-electron chi connectivity index (χ0n) is 17.9.